The molecule has 118 valence electrons. The fourth-order valence-corrected chi connectivity index (χ4v) is 3.60. The molecule has 0 aliphatic carbocycles. The van der Waals surface area contributed by atoms with Crippen molar-refractivity contribution >= 4 is 35.2 Å². The first kappa shape index (κ1) is 16.5. The summed E-state index contributed by atoms with van der Waals surface area (Å²) < 4.78 is 0. The summed E-state index contributed by atoms with van der Waals surface area (Å²) in [6.45, 7) is 3.61. The maximum atomic E-state index is 12.3. The quantitative estimate of drug-likeness (QED) is 0.845. The second-order valence-electron chi connectivity index (χ2n) is 5.11. The second-order valence-corrected chi connectivity index (χ2v) is 6.52. The Kier molecular flexibility index (Phi) is 5.60. The summed E-state index contributed by atoms with van der Waals surface area (Å²) in [5, 5.41) is 2.22. The van der Waals surface area contributed by atoms with E-state index in [4.69, 9.17) is 0 Å². The molecule has 0 saturated carbocycles. The van der Waals surface area contributed by atoms with Gasteiger partial charge in [0, 0.05) is 5.69 Å². The molecule has 1 fully saturated rings. The van der Waals surface area contributed by atoms with Crippen LogP contribution in [0.5, 0.6) is 0 Å². The lowest BCUT2D eigenvalue weighted by molar-refractivity contribution is -0.147. The number of rotatable bonds is 5. The molecule has 5 nitrogen and oxygen atoms in total. The molecule has 0 unspecified atom stereocenters. The zero-order valence-corrected chi connectivity index (χ0v) is 13.6. The van der Waals surface area contributed by atoms with Crippen LogP contribution in [0.25, 0.3) is 0 Å². The Bertz CT molecular complexity index is 540. The lowest BCUT2D eigenvalue weighted by Crippen LogP contribution is -2.53. The number of carbonyl (C=O) groups is 3. The Morgan fingerprint density at radius 2 is 1.64 bits per heavy atom. The molecule has 1 N–H and O–H groups in total. The van der Waals surface area contributed by atoms with Gasteiger partial charge in [-0.15, -0.1) is 11.8 Å². The van der Waals surface area contributed by atoms with Gasteiger partial charge < -0.3 is 5.32 Å². The van der Waals surface area contributed by atoms with Gasteiger partial charge in [-0.2, -0.15) is 0 Å². The van der Waals surface area contributed by atoms with Gasteiger partial charge in [0.2, 0.25) is 17.7 Å². The number of para-hydroxylation sites is 1. The van der Waals surface area contributed by atoms with E-state index in [2.05, 4.69) is 5.32 Å². The largest absolute Gasteiger partial charge is 0.325 e. The van der Waals surface area contributed by atoms with E-state index in [0.717, 1.165) is 4.90 Å². The third-order valence-electron chi connectivity index (χ3n) is 3.51. The van der Waals surface area contributed by atoms with Crippen molar-refractivity contribution in [3.63, 3.8) is 0 Å². The molecule has 1 aromatic carbocycles. The van der Waals surface area contributed by atoms with Crippen LogP contribution in [-0.2, 0) is 14.4 Å². The minimum atomic E-state index is -0.357. The van der Waals surface area contributed by atoms with E-state index in [1.54, 1.807) is 12.1 Å². The van der Waals surface area contributed by atoms with Gasteiger partial charge in [0.25, 0.3) is 0 Å². The minimum Gasteiger partial charge on any atom is -0.325 e. The molecule has 0 radical (unpaired) electrons. The zero-order chi connectivity index (χ0) is 16.1. The molecule has 1 heterocycles. The van der Waals surface area contributed by atoms with E-state index in [-0.39, 0.29) is 34.8 Å². The molecule has 0 aromatic heterocycles. The Hall–Kier alpha value is -1.82. The third-order valence-corrected chi connectivity index (χ3v) is 5.24. The molecular formula is C16H20N2O3S. The first-order valence-corrected chi connectivity index (χ1v) is 8.36. The predicted octanol–water partition coefficient (Wildman–Crippen LogP) is 2.28. The molecule has 0 bridgehead atoms. The van der Waals surface area contributed by atoms with E-state index >= 15 is 0 Å². The number of carbonyl (C=O) groups excluding carboxylic acids is 3. The summed E-state index contributed by atoms with van der Waals surface area (Å²) >= 11 is 1.41. The van der Waals surface area contributed by atoms with E-state index in [0.29, 0.717) is 18.5 Å². The van der Waals surface area contributed by atoms with Crippen molar-refractivity contribution < 1.29 is 14.4 Å². The van der Waals surface area contributed by atoms with Crippen LogP contribution in [0.4, 0.5) is 5.69 Å². The van der Waals surface area contributed by atoms with Gasteiger partial charge in [-0.3, -0.25) is 19.3 Å². The molecule has 0 spiro atoms. The minimum absolute atomic E-state index is 0.222. The molecular weight excluding hydrogens is 300 g/mol. The van der Waals surface area contributed by atoms with Gasteiger partial charge in [0.15, 0.2) is 0 Å². The summed E-state index contributed by atoms with van der Waals surface area (Å²) in [5.41, 5.74) is 0.651. The normalized spacial score (nSPS) is 21.8. The van der Waals surface area contributed by atoms with Gasteiger partial charge >= 0.3 is 0 Å². The number of thioether (sulfide) groups is 1. The van der Waals surface area contributed by atoms with Gasteiger partial charge in [0.1, 0.15) is 6.54 Å². The Morgan fingerprint density at radius 1 is 1.09 bits per heavy atom. The van der Waals surface area contributed by atoms with Crippen LogP contribution in [-0.4, -0.2) is 39.7 Å². The SMILES string of the molecule is CC[C@@H]1S[C@@H](CC)C(=O)N(CC(=O)Nc2ccccc2)C1=O. The number of hydrogen-bond donors (Lipinski definition) is 1. The number of nitrogens with zero attached hydrogens (tertiary/aromatic N) is 1. The number of hydrogen-bond acceptors (Lipinski definition) is 4. The number of nitrogens with one attached hydrogen (secondary N) is 1. The molecule has 1 aromatic rings. The summed E-state index contributed by atoms with van der Waals surface area (Å²) in [5.74, 6) is -0.875. The average Bonchev–Trinajstić information content (AvgIpc) is 2.53. The van der Waals surface area contributed by atoms with Gasteiger partial charge in [0.05, 0.1) is 10.5 Å². The highest BCUT2D eigenvalue weighted by molar-refractivity contribution is 8.02. The van der Waals surface area contributed by atoms with Crippen molar-refractivity contribution in [1.82, 2.24) is 4.90 Å². The van der Waals surface area contributed by atoms with Crippen LogP contribution in [0.2, 0.25) is 0 Å². The van der Waals surface area contributed by atoms with Crippen molar-refractivity contribution in [2.75, 3.05) is 11.9 Å². The van der Waals surface area contributed by atoms with E-state index in [1.165, 1.54) is 11.8 Å². The summed E-state index contributed by atoms with van der Waals surface area (Å²) in [6.07, 6.45) is 1.31. The van der Waals surface area contributed by atoms with Crippen LogP contribution in [0.15, 0.2) is 30.3 Å². The van der Waals surface area contributed by atoms with E-state index in [9.17, 15) is 14.4 Å². The highest BCUT2D eigenvalue weighted by Crippen LogP contribution is 2.31. The molecule has 2 rings (SSSR count). The highest BCUT2D eigenvalue weighted by Gasteiger charge is 2.40. The predicted molar refractivity (Wildman–Crippen MR) is 87.5 cm³/mol. The zero-order valence-electron chi connectivity index (χ0n) is 12.7. The van der Waals surface area contributed by atoms with Crippen molar-refractivity contribution in [3.8, 4) is 0 Å². The van der Waals surface area contributed by atoms with Crippen molar-refractivity contribution in [2.24, 2.45) is 0 Å². The summed E-state index contributed by atoms with van der Waals surface area (Å²) in [4.78, 5) is 37.8. The molecule has 1 aliphatic heterocycles. The summed E-state index contributed by atoms with van der Waals surface area (Å²) in [6, 6.07) is 8.99. The molecule has 2 atom stereocenters. The molecule has 22 heavy (non-hydrogen) atoms. The Morgan fingerprint density at radius 3 is 2.14 bits per heavy atom. The van der Waals surface area contributed by atoms with Crippen LogP contribution in [0.1, 0.15) is 26.7 Å². The van der Waals surface area contributed by atoms with Crippen LogP contribution < -0.4 is 5.32 Å². The highest BCUT2D eigenvalue weighted by atomic mass is 32.2. The Balaban J connectivity index is 2.06. The van der Waals surface area contributed by atoms with Crippen molar-refractivity contribution in [3.05, 3.63) is 30.3 Å². The maximum absolute atomic E-state index is 12.3. The smallest absolute Gasteiger partial charge is 0.244 e. The number of amides is 3. The fraction of sp³-hybridized carbons (Fsp3) is 0.438. The first-order valence-electron chi connectivity index (χ1n) is 7.42. The van der Waals surface area contributed by atoms with E-state index < -0.39 is 0 Å². The number of imide groups is 1. The van der Waals surface area contributed by atoms with Crippen LogP contribution >= 0.6 is 11.8 Å². The lowest BCUT2D eigenvalue weighted by atomic mass is 10.2. The first-order chi connectivity index (χ1) is 10.6. The monoisotopic (exact) mass is 320 g/mol. The second kappa shape index (κ2) is 7.45. The van der Waals surface area contributed by atoms with Gasteiger partial charge in [-0.05, 0) is 25.0 Å². The molecule has 3 amide bonds. The topological polar surface area (TPSA) is 66.5 Å². The van der Waals surface area contributed by atoms with Crippen molar-refractivity contribution in [2.45, 2.75) is 37.2 Å². The number of anilines is 1. The Labute approximate surface area is 134 Å². The standard InChI is InChI=1S/C16H20N2O3S/c1-3-12-15(20)18(16(21)13(4-2)22-12)10-14(19)17-11-8-6-5-7-9-11/h5-9,12-13H,3-4,10H2,1-2H3,(H,17,19)/t12-,13-/m0/s1. The van der Waals surface area contributed by atoms with Crippen LogP contribution in [0.3, 0.4) is 0 Å². The molecule has 1 aliphatic rings. The fourth-order valence-electron chi connectivity index (χ4n) is 2.33. The summed E-state index contributed by atoms with van der Waals surface area (Å²) in [7, 11) is 0. The molecule has 6 heteroatoms. The number of benzene rings is 1. The molecule has 1 saturated heterocycles. The maximum Gasteiger partial charge on any atom is 0.244 e. The third kappa shape index (κ3) is 3.68. The van der Waals surface area contributed by atoms with Crippen LogP contribution in [0, 0.1) is 0 Å². The van der Waals surface area contributed by atoms with Gasteiger partial charge in [-0.25, -0.2) is 0 Å². The van der Waals surface area contributed by atoms with E-state index in [1.807, 2.05) is 32.0 Å². The lowest BCUT2D eigenvalue weighted by Gasteiger charge is -2.34. The van der Waals surface area contributed by atoms with Crippen molar-refractivity contribution in [1.29, 1.82) is 0 Å². The average molecular weight is 320 g/mol. The van der Waals surface area contributed by atoms with Gasteiger partial charge in [-0.1, -0.05) is 32.0 Å².